The molecule has 0 bridgehead atoms. The number of carbonyl (C=O) groups excluding carboxylic acids is 2. The van der Waals surface area contributed by atoms with Crippen LogP contribution in [0.15, 0.2) is 0 Å². The van der Waals surface area contributed by atoms with Crippen molar-refractivity contribution in [1.82, 2.24) is 0 Å². The predicted molar refractivity (Wildman–Crippen MR) is 46.9 cm³/mol. The summed E-state index contributed by atoms with van der Waals surface area (Å²) in [6, 6.07) is 0. The van der Waals surface area contributed by atoms with Crippen molar-refractivity contribution in [3.05, 3.63) is 0 Å². The third-order valence-electron chi connectivity index (χ3n) is 3.19. The molecule has 2 nitrogen and oxygen atoms in total. The Morgan fingerprint density at radius 2 is 1.83 bits per heavy atom. The second-order valence-corrected chi connectivity index (χ2v) is 3.63. The number of hydrogen-bond acceptors (Lipinski definition) is 2. The quantitative estimate of drug-likeness (QED) is 0.592. The molecule has 1 aliphatic rings. The zero-order chi connectivity index (χ0) is 9.19. The molecule has 0 aromatic heterocycles. The molecule has 0 heterocycles. The van der Waals surface area contributed by atoms with Crippen LogP contribution in [0.2, 0.25) is 0 Å². The van der Waals surface area contributed by atoms with Gasteiger partial charge in [0.2, 0.25) is 0 Å². The van der Waals surface area contributed by atoms with Crippen LogP contribution in [0.4, 0.5) is 0 Å². The summed E-state index contributed by atoms with van der Waals surface area (Å²) in [5, 5.41) is 0. The SMILES string of the molecule is CCC1(CC)CCC(=O)CC1=O. The molecule has 0 atom stereocenters. The van der Waals surface area contributed by atoms with Crippen LogP contribution in [0.3, 0.4) is 0 Å². The molecule has 1 saturated carbocycles. The lowest BCUT2D eigenvalue weighted by Crippen LogP contribution is -2.36. The van der Waals surface area contributed by atoms with Gasteiger partial charge in [0.1, 0.15) is 11.6 Å². The van der Waals surface area contributed by atoms with E-state index in [9.17, 15) is 9.59 Å². The largest absolute Gasteiger partial charge is 0.299 e. The third-order valence-corrected chi connectivity index (χ3v) is 3.19. The van der Waals surface area contributed by atoms with E-state index >= 15 is 0 Å². The normalized spacial score (nSPS) is 22.8. The van der Waals surface area contributed by atoms with Crippen LogP contribution in [0.25, 0.3) is 0 Å². The zero-order valence-corrected chi connectivity index (χ0v) is 7.85. The lowest BCUT2D eigenvalue weighted by molar-refractivity contribution is -0.138. The maximum Gasteiger partial charge on any atom is 0.146 e. The standard InChI is InChI=1S/C10H16O2/c1-3-10(4-2)6-5-8(11)7-9(10)12/h3-7H2,1-2H3. The van der Waals surface area contributed by atoms with Crippen molar-refractivity contribution in [3.8, 4) is 0 Å². The minimum Gasteiger partial charge on any atom is -0.299 e. The van der Waals surface area contributed by atoms with Crippen LogP contribution in [-0.4, -0.2) is 11.6 Å². The molecule has 1 rings (SSSR count). The molecule has 0 aromatic rings. The summed E-state index contributed by atoms with van der Waals surface area (Å²) in [4.78, 5) is 22.5. The first-order valence-corrected chi connectivity index (χ1v) is 4.69. The van der Waals surface area contributed by atoms with Crippen molar-refractivity contribution in [2.24, 2.45) is 5.41 Å². The maximum absolute atomic E-state index is 11.6. The maximum atomic E-state index is 11.6. The van der Waals surface area contributed by atoms with E-state index in [1.54, 1.807) is 0 Å². The fraction of sp³-hybridized carbons (Fsp3) is 0.800. The molecular weight excluding hydrogens is 152 g/mol. The molecule has 0 aromatic carbocycles. The van der Waals surface area contributed by atoms with Gasteiger partial charge < -0.3 is 0 Å². The summed E-state index contributed by atoms with van der Waals surface area (Å²) >= 11 is 0. The summed E-state index contributed by atoms with van der Waals surface area (Å²) in [5.74, 6) is 0.293. The number of ketones is 2. The van der Waals surface area contributed by atoms with E-state index in [-0.39, 0.29) is 23.4 Å². The highest BCUT2D eigenvalue weighted by molar-refractivity contribution is 6.04. The molecule has 2 heteroatoms. The van der Waals surface area contributed by atoms with Gasteiger partial charge >= 0.3 is 0 Å². The van der Waals surface area contributed by atoms with Gasteiger partial charge in [0.05, 0.1) is 6.42 Å². The second-order valence-electron chi connectivity index (χ2n) is 3.63. The average Bonchev–Trinajstić information content (AvgIpc) is 2.06. The molecule has 0 aliphatic heterocycles. The van der Waals surface area contributed by atoms with Gasteiger partial charge in [-0.15, -0.1) is 0 Å². The van der Waals surface area contributed by atoms with Gasteiger partial charge in [0.15, 0.2) is 0 Å². The summed E-state index contributed by atoms with van der Waals surface area (Å²) in [7, 11) is 0. The molecule has 68 valence electrons. The third kappa shape index (κ3) is 1.43. The first-order valence-electron chi connectivity index (χ1n) is 4.69. The van der Waals surface area contributed by atoms with E-state index in [2.05, 4.69) is 0 Å². The Labute approximate surface area is 73.3 Å². The topological polar surface area (TPSA) is 34.1 Å². The molecule has 0 radical (unpaired) electrons. The van der Waals surface area contributed by atoms with Gasteiger partial charge in [-0.25, -0.2) is 0 Å². The minimum atomic E-state index is -0.159. The number of carbonyl (C=O) groups is 2. The second kappa shape index (κ2) is 3.38. The minimum absolute atomic E-state index is 0.123. The lowest BCUT2D eigenvalue weighted by atomic mass is 9.69. The Balaban J connectivity index is 2.77. The molecule has 1 aliphatic carbocycles. The van der Waals surface area contributed by atoms with Gasteiger partial charge in [0, 0.05) is 11.8 Å². The van der Waals surface area contributed by atoms with Crippen LogP contribution in [0.5, 0.6) is 0 Å². The van der Waals surface area contributed by atoms with Crippen LogP contribution in [0, 0.1) is 5.41 Å². The van der Waals surface area contributed by atoms with E-state index in [0.717, 1.165) is 19.3 Å². The molecule has 0 spiro atoms. The molecular formula is C10H16O2. The first kappa shape index (κ1) is 9.43. The highest BCUT2D eigenvalue weighted by Crippen LogP contribution is 2.37. The molecule has 0 amide bonds. The Bertz CT molecular complexity index is 202. The average molecular weight is 168 g/mol. The fourth-order valence-corrected chi connectivity index (χ4v) is 1.97. The van der Waals surface area contributed by atoms with E-state index in [1.807, 2.05) is 13.8 Å². The van der Waals surface area contributed by atoms with Gasteiger partial charge in [-0.1, -0.05) is 13.8 Å². The van der Waals surface area contributed by atoms with Gasteiger partial charge in [0.25, 0.3) is 0 Å². The van der Waals surface area contributed by atoms with Crippen LogP contribution in [-0.2, 0) is 9.59 Å². The highest BCUT2D eigenvalue weighted by Gasteiger charge is 2.38. The summed E-state index contributed by atoms with van der Waals surface area (Å²) < 4.78 is 0. The lowest BCUT2D eigenvalue weighted by Gasteiger charge is -2.33. The molecule has 0 unspecified atom stereocenters. The summed E-state index contributed by atoms with van der Waals surface area (Å²) in [6.45, 7) is 4.08. The van der Waals surface area contributed by atoms with E-state index < -0.39 is 0 Å². The van der Waals surface area contributed by atoms with Gasteiger partial charge in [-0.2, -0.15) is 0 Å². The van der Waals surface area contributed by atoms with Gasteiger partial charge in [-0.3, -0.25) is 9.59 Å². The monoisotopic (exact) mass is 168 g/mol. The fourth-order valence-electron chi connectivity index (χ4n) is 1.97. The molecule has 0 N–H and O–H groups in total. The summed E-state index contributed by atoms with van der Waals surface area (Å²) in [5.41, 5.74) is -0.159. The van der Waals surface area contributed by atoms with Crippen LogP contribution < -0.4 is 0 Å². The van der Waals surface area contributed by atoms with Crippen molar-refractivity contribution >= 4 is 11.6 Å². The Morgan fingerprint density at radius 1 is 1.25 bits per heavy atom. The van der Waals surface area contributed by atoms with E-state index in [0.29, 0.717) is 6.42 Å². The van der Waals surface area contributed by atoms with Crippen molar-refractivity contribution in [2.75, 3.05) is 0 Å². The van der Waals surface area contributed by atoms with Gasteiger partial charge in [-0.05, 0) is 19.3 Å². The number of hydrogen-bond donors (Lipinski definition) is 0. The predicted octanol–water partition coefficient (Wildman–Crippen LogP) is 2.11. The van der Waals surface area contributed by atoms with E-state index in [4.69, 9.17) is 0 Å². The van der Waals surface area contributed by atoms with Crippen molar-refractivity contribution in [2.45, 2.75) is 46.0 Å². The zero-order valence-electron chi connectivity index (χ0n) is 7.85. The Morgan fingerprint density at radius 3 is 2.25 bits per heavy atom. The number of rotatable bonds is 2. The molecule has 0 saturated heterocycles. The smallest absolute Gasteiger partial charge is 0.146 e. The van der Waals surface area contributed by atoms with Crippen LogP contribution >= 0.6 is 0 Å². The Kier molecular flexibility index (Phi) is 2.65. The van der Waals surface area contributed by atoms with Crippen molar-refractivity contribution in [1.29, 1.82) is 0 Å². The van der Waals surface area contributed by atoms with Crippen molar-refractivity contribution in [3.63, 3.8) is 0 Å². The highest BCUT2D eigenvalue weighted by atomic mass is 16.1. The first-order chi connectivity index (χ1) is 5.64. The molecule has 1 fully saturated rings. The number of Topliss-reactive ketones (excluding diaryl/α,β-unsaturated/α-hetero) is 2. The Hall–Kier alpha value is -0.660. The van der Waals surface area contributed by atoms with E-state index in [1.165, 1.54) is 0 Å². The van der Waals surface area contributed by atoms with Crippen molar-refractivity contribution < 1.29 is 9.59 Å². The summed E-state index contributed by atoms with van der Waals surface area (Å²) in [6.07, 6.45) is 3.33. The van der Waals surface area contributed by atoms with Crippen LogP contribution in [0.1, 0.15) is 46.0 Å². The molecule has 12 heavy (non-hydrogen) atoms.